The first-order chi connectivity index (χ1) is 10.1. The van der Waals surface area contributed by atoms with E-state index in [4.69, 9.17) is 4.74 Å². The highest BCUT2D eigenvalue weighted by Gasteiger charge is 2.33. The molecule has 0 saturated carbocycles. The molecule has 1 heterocycles. The van der Waals surface area contributed by atoms with E-state index in [0.717, 1.165) is 19.4 Å². The molecule has 118 valence electrons. The van der Waals surface area contributed by atoms with Crippen molar-refractivity contribution in [1.82, 2.24) is 10.2 Å². The van der Waals surface area contributed by atoms with Crippen LogP contribution in [0.2, 0.25) is 0 Å². The first-order valence-electron chi connectivity index (χ1n) is 8.18. The monoisotopic (exact) mass is 290 g/mol. The molecule has 0 aromatic heterocycles. The number of hydrogen-bond acceptors (Lipinski definition) is 3. The average molecular weight is 290 g/mol. The van der Waals surface area contributed by atoms with Crippen LogP contribution < -0.4 is 5.32 Å². The van der Waals surface area contributed by atoms with Gasteiger partial charge in [0, 0.05) is 24.7 Å². The fourth-order valence-corrected chi connectivity index (χ4v) is 3.44. The fourth-order valence-electron chi connectivity index (χ4n) is 3.44. The molecule has 3 nitrogen and oxygen atoms in total. The van der Waals surface area contributed by atoms with Crippen molar-refractivity contribution < 1.29 is 4.74 Å². The van der Waals surface area contributed by atoms with Gasteiger partial charge in [-0.05, 0) is 51.9 Å². The van der Waals surface area contributed by atoms with Gasteiger partial charge < -0.3 is 10.1 Å². The van der Waals surface area contributed by atoms with E-state index in [9.17, 15) is 0 Å². The van der Waals surface area contributed by atoms with E-state index >= 15 is 0 Å². The summed E-state index contributed by atoms with van der Waals surface area (Å²) >= 11 is 0. The van der Waals surface area contributed by atoms with Crippen molar-refractivity contribution in [1.29, 1.82) is 0 Å². The summed E-state index contributed by atoms with van der Waals surface area (Å²) in [7, 11) is 4.28. The third-order valence-corrected chi connectivity index (χ3v) is 5.04. The first kappa shape index (κ1) is 16.5. The molecule has 0 bridgehead atoms. The van der Waals surface area contributed by atoms with Gasteiger partial charge >= 0.3 is 0 Å². The van der Waals surface area contributed by atoms with Crippen molar-refractivity contribution >= 4 is 0 Å². The highest BCUT2D eigenvalue weighted by atomic mass is 16.5. The SMILES string of the molecule is CCc1ccc(C(NC)C(C)N(C)C2CCOC2C)cc1. The molecule has 0 amide bonds. The molecule has 1 aromatic rings. The topological polar surface area (TPSA) is 24.5 Å². The zero-order valence-electron chi connectivity index (χ0n) is 14.1. The number of nitrogens with zero attached hydrogens (tertiary/aromatic N) is 1. The van der Waals surface area contributed by atoms with Crippen molar-refractivity contribution in [3.8, 4) is 0 Å². The Labute approximate surface area is 129 Å². The number of likely N-dealkylation sites (N-methyl/N-ethyl adjacent to an activating group) is 2. The molecule has 1 fully saturated rings. The van der Waals surface area contributed by atoms with Crippen LogP contribution in [0.4, 0.5) is 0 Å². The number of rotatable bonds is 6. The lowest BCUT2D eigenvalue weighted by Crippen LogP contribution is -2.47. The quantitative estimate of drug-likeness (QED) is 0.871. The lowest BCUT2D eigenvalue weighted by atomic mass is 9.96. The largest absolute Gasteiger partial charge is 0.377 e. The molecule has 0 spiro atoms. The summed E-state index contributed by atoms with van der Waals surface area (Å²) in [5.74, 6) is 0. The Hall–Kier alpha value is -0.900. The van der Waals surface area contributed by atoms with Crippen molar-refractivity contribution in [2.75, 3.05) is 20.7 Å². The second-order valence-corrected chi connectivity index (χ2v) is 6.20. The number of benzene rings is 1. The maximum Gasteiger partial charge on any atom is 0.0703 e. The normalized spacial score (nSPS) is 25.2. The van der Waals surface area contributed by atoms with E-state index in [2.05, 4.69) is 69.3 Å². The Bertz CT molecular complexity index is 431. The Morgan fingerprint density at radius 2 is 2.00 bits per heavy atom. The van der Waals surface area contributed by atoms with Gasteiger partial charge in [-0.3, -0.25) is 4.90 Å². The molecule has 2 rings (SSSR count). The van der Waals surface area contributed by atoms with Crippen LogP contribution in [0.1, 0.15) is 44.4 Å². The maximum absolute atomic E-state index is 5.72. The van der Waals surface area contributed by atoms with Crippen LogP contribution in [0.25, 0.3) is 0 Å². The summed E-state index contributed by atoms with van der Waals surface area (Å²) in [6, 6.07) is 10.3. The summed E-state index contributed by atoms with van der Waals surface area (Å²) in [4.78, 5) is 2.48. The molecule has 21 heavy (non-hydrogen) atoms. The zero-order chi connectivity index (χ0) is 15.4. The number of hydrogen-bond donors (Lipinski definition) is 1. The predicted molar refractivity (Wildman–Crippen MR) is 88.7 cm³/mol. The number of ether oxygens (including phenoxy) is 1. The van der Waals surface area contributed by atoms with Gasteiger partial charge in [0.1, 0.15) is 0 Å². The van der Waals surface area contributed by atoms with Gasteiger partial charge in [0.05, 0.1) is 6.10 Å². The van der Waals surface area contributed by atoms with E-state index in [1.807, 2.05) is 0 Å². The van der Waals surface area contributed by atoms with Gasteiger partial charge in [0.15, 0.2) is 0 Å². The molecule has 1 saturated heterocycles. The molecule has 1 aliphatic rings. The van der Waals surface area contributed by atoms with Gasteiger partial charge in [0.25, 0.3) is 0 Å². The molecule has 0 radical (unpaired) electrons. The van der Waals surface area contributed by atoms with E-state index < -0.39 is 0 Å². The Morgan fingerprint density at radius 1 is 1.33 bits per heavy atom. The van der Waals surface area contributed by atoms with Gasteiger partial charge in [-0.15, -0.1) is 0 Å². The van der Waals surface area contributed by atoms with Crippen LogP contribution in [0.15, 0.2) is 24.3 Å². The lowest BCUT2D eigenvalue weighted by molar-refractivity contribution is 0.0629. The van der Waals surface area contributed by atoms with Crippen molar-refractivity contribution in [2.45, 2.75) is 57.8 Å². The van der Waals surface area contributed by atoms with Crippen molar-refractivity contribution in [2.24, 2.45) is 0 Å². The third kappa shape index (κ3) is 3.65. The summed E-state index contributed by atoms with van der Waals surface area (Å²) in [5, 5.41) is 3.49. The fraction of sp³-hybridized carbons (Fsp3) is 0.667. The number of nitrogens with one attached hydrogen (secondary N) is 1. The van der Waals surface area contributed by atoms with Gasteiger partial charge in [-0.2, -0.15) is 0 Å². The summed E-state index contributed by atoms with van der Waals surface area (Å²) < 4.78 is 5.72. The third-order valence-electron chi connectivity index (χ3n) is 5.04. The van der Waals surface area contributed by atoms with Crippen LogP contribution >= 0.6 is 0 Å². The lowest BCUT2D eigenvalue weighted by Gasteiger charge is -2.37. The van der Waals surface area contributed by atoms with E-state index in [0.29, 0.717) is 24.2 Å². The zero-order valence-corrected chi connectivity index (χ0v) is 14.1. The van der Waals surface area contributed by atoms with Crippen molar-refractivity contribution in [3.05, 3.63) is 35.4 Å². The summed E-state index contributed by atoms with van der Waals surface area (Å²) in [6.45, 7) is 7.58. The minimum absolute atomic E-state index is 0.331. The van der Waals surface area contributed by atoms with Crippen molar-refractivity contribution in [3.63, 3.8) is 0 Å². The molecular weight excluding hydrogens is 260 g/mol. The molecule has 0 aliphatic carbocycles. The molecular formula is C18H30N2O. The van der Waals surface area contributed by atoms with Gasteiger partial charge in [0.2, 0.25) is 0 Å². The molecule has 1 N–H and O–H groups in total. The molecule has 3 heteroatoms. The summed E-state index contributed by atoms with van der Waals surface area (Å²) in [5.41, 5.74) is 2.76. The smallest absolute Gasteiger partial charge is 0.0703 e. The summed E-state index contributed by atoms with van der Waals surface area (Å²) in [6.07, 6.45) is 2.56. The average Bonchev–Trinajstić information content (AvgIpc) is 2.94. The first-order valence-corrected chi connectivity index (χ1v) is 8.18. The van der Waals surface area contributed by atoms with E-state index in [-0.39, 0.29) is 0 Å². The molecule has 4 unspecified atom stereocenters. The van der Waals surface area contributed by atoms with Crippen LogP contribution in [0.5, 0.6) is 0 Å². The minimum atomic E-state index is 0.331. The predicted octanol–water partition coefficient (Wildman–Crippen LogP) is 3.01. The Kier molecular flexibility index (Phi) is 5.80. The van der Waals surface area contributed by atoms with Crippen LogP contribution in [0, 0.1) is 0 Å². The highest BCUT2D eigenvalue weighted by molar-refractivity contribution is 5.26. The second-order valence-electron chi connectivity index (χ2n) is 6.20. The molecule has 4 atom stereocenters. The van der Waals surface area contributed by atoms with Crippen LogP contribution in [-0.4, -0.2) is 43.8 Å². The highest BCUT2D eigenvalue weighted by Crippen LogP contribution is 2.26. The van der Waals surface area contributed by atoms with Crippen LogP contribution in [0.3, 0.4) is 0 Å². The maximum atomic E-state index is 5.72. The minimum Gasteiger partial charge on any atom is -0.377 e. The molecule has 1 aromatic carbocycles. The second kappa shape index (κ2) is 7.39. The molecule has 1 aliphatic heterocycles. The van der Waals surface area contributed by atoms with Crippen LogP contribution in [-0.2, 0) is 11.2 Å². The van der Waals surface area contributed by atoms with E-state index in [1.165, 1.54) is 11.1 Å². The standard InChI is InChI=1S/C18H30N2O/c1-6-15-7-9-16(10-8-15)18(19-4)13(2)20(5)17-11-12-21-14(17)3/h7-10,13-14,17-19H,6,11-12H2,1-5H3. The van der Waals surface area contributed by atoms with Gasteiger partial charge in [-0.1, -0.05) is 31.2 Å². The van der Waals surface area contributed by atoms with Gasteiger partial charge in [-0.25, -0.2) is 0 Å². The van der Waals surface area contributed by atoms with E-state index in [1.54, 1.807) is 0 Å². The number of aryl methyl sites for hydroxylation is 1. The Balaban J connectivity index is 2.11. The Morgan fingerprint density at radius 3 is 2.48 bits per heavy atom.